The fraction of sp³-hybridized carbons (Fsp3) is 0.333. The van der Waals surface area contributed by atoms with Gasteiger partial charge in [-0.15, -0.1) is 0 Å². The average molecular weight is 150 g/mol. The lowest BCUT2D eigenvalue weighted by atomic mass is 10.1. The minimum atomic E-state index is -0.153. The zero-order valence-electron chi connectivity index (χ0n) is 5.88. The minimum Gasteiger partial charge on any atom is -0.489 e. The molecule has 1 fully saturated rings. The largest absolute Gasteiger partial charge is 0.489 e. The van der Waals surface area contributed by atoms with Crippen molar-refractivity contribution in [3.63, 3.8) is 0 Å². The van der Waals surface area contributed by atoms with Crippen LogP contribution in [0, 0.1) is 5.82 Å². The van der Waals surface area contributed by atoms with Gasteiger partial charge in [0.1, 0.15) is 17.7 Å². The highest BCUT2D eigenvalue weighted by Gasteiger charge is 2.47. The molecule has 1 heterocycles. The molecule has 3 rings (SSSR count). The molecule has 0 amide bonds. The van der Waals surface area contributed by atoms with Crippen molar-refractivity contribution in [1.29, 1.82) is 0 Å². The first-order valence-corrected chi connectivity index (χ1v) is 3.81. The number of hydrogen-bond acceptors (Lipinski definition) is 1. The maximum absolute atomic E-state index is 12.7. The molecular formula is C9H7FO. The molecule has 2 unspecified atom stereocenters. The van der Waals surface area contributed by atoms with E-state index in [0.717, 1.165) is 17.7 Å². The van der Waals surface area contributed by atoms with Crippen LogP contribution in [0.25, 0.3) is 0 Å². The van der Waals surface area contributed by atoms with E-state index in [4.69, 9.17) is 4.74 Å². The minimum absolute atomic E-state index is 0.153. The first-order valence-electron chi connectivity index (χ1n) is 3.81. The van der Waals surface area contributed by atoms with E-state index in [1.54, 1.807) is 12.1 Å². The van der Waals surface area contributed by atoms with Gasteiger partial charge in [-0.1, -0.05) is 0 Å². The average Bonchev–Trinajstić information content (AvgIpc) is 2.67. The Morgan fingerprint density at radius 2 is 2.36 bits per heavy atom. The van der Waals surface area contributed by atoms with Crippen LogP contribution < -0.4 is 4.74 Å². The van der Waals surface area contributed by atoms with Crippen LogP contribution in [-0.4, -0.2) is 6.10 Å². The summed E-state index contributed by atoms with van der Waals surface area (Å²) in [4.78, 5) is 0. The number of fused-ring (bicyclic) bond motifs is 3. The van der Waals surface area contributed by atoms with E-state index >= 15 is 0 Å². The van der Waals surface area contributed by atoms with Gasteiger partial charge in [0.25, 0.3) is 0 Å². The molecule has 0 aromatic heterocycles. The van der Waals surface area contributed by atoms with E-state index in [0.29, 0.717) is 12.0 Å². The molecule has 1 aromatic rings. The molecule has 2 atom stereocenters. The molecule has 0 bridgehead atoms. The second-order valence-electron chi connectivity index (χ2n) is 3.18. The summed E-state index contributed by atoms with van der Waals surface area (Å²) >= 11 is 0. The van der Waals surface area contributed by atoms with Gasteiger partial charge in [0.2, 0.25) is 0 Å². The van der Waals surface area contributed by atoms with Crippen LogP contribution in [0.3, 0.4) is 0 Å². The smallest absolute Gasteiger partial charge is 0.123 e. The summed E-state index contributed by atoms with van der Waals surface area (Å²) in [5, 5.41) is 0. The molecule has 11 heavy (non-hydrogen) atoms. The molecular weight excluding hydrogens is 143 g/mol. The second-order valence-corrected chi connectivity index (χ2v) is 3.18. The first kappa shape index (κ1) is 5.58. The quantitative estimate of drug-likeness (QED) is 0.550. The Bertz CT molecular complexity index is 321. The van der Waals surface area contributed by atoms with Crippen LogP contribution in [0.1, 0.15) is 17.9 Å². The van der Waals surface area contributed by atoms with Gasteiger partial charge >= 0.3 is 0 Å². The molecule has 1 nitrogen and oxygen atoms in total. The van der Waals surface area contributed by atoms with Crippen molar-refractivity contribution < 1.29 is 9.13 Å². The van der Waals surface area contributed by atoms with Crippen molar-refractivity contribution in [2.45, 2.75) is 18.4 Å². The summed E-state index contributed by atoms with van der Waals surface area (Å²) in [5.41, 5.74) is 1.06. The van der Waals surface area contributed by atoms with Crippen LogP contribution in [0.15, 0.2) is 18.2 Å². The Hall–Kier alpha value is -1.05. The van der Waals surface area contributed by atoms with Crippen LogP contribution >= 0.6 is 0 Å². The summed E-state index contributed by atoms with van der Waals surface area (Å²) in [6, 6.07) is 4.76. The summed E-state index contributed by atoms with van der Waals surface area (Å²) in [5.74, 6) is 1.23. The Kier molecular flexibility index (Phi) is 0.799. The summed E-state index contributed by atoms with van der Waals surface area (Å²) in [6.45, 7) is 0. The van der Waals surface area contributed by atoms with Gasteiger partial charge in [-0.3, -0.25) is 0 Å². The highest BCUT2D eigenvalue weighted by Crippen LogP contribution is 2.53. The zero-order valence-corrected chi connectivity index (χ0v) is 5.88. The van der Waals surface area contributed by atoms with Crippen LogP contribution in [0.5, 0.6) is 5.75 Å². The lowest BCUT2D eigenvalue weighted by Gasteiger charge is -2.01. The molecule has 2 heteroatoms. The third-order valence-electron chi connectivity index (χ3n) is 2.38. The molecule has 1 aliphatic carbocycles. The molecule has 0 radical (unpaired) electrons. The van der Waals surface area contributed by atoms with Gasteiger partial charge < -0.3 is 4.74 Å². The maximum Gasteiger partial charge on any atom is 0.123 e. The first-order chi connectivity index (χ1) is 5.34. The number of benzene rings is 1. The lowest BCUT2D eigenvalue weighted by Crippen LogP contribution is -1.90. The van der Waals surface area contributed by atoms with E-state index in [9.17, 15) is 4.39 Å². The molecule has 0 saturated heterocycles. The Morgan fingerprint density at radius 1 is 1.45 bits per heavy atom. The third kappa shape index (κ3) is 0.642. The van der Waals surface area contributed by atoms with Gasteiger partial charge in [-0.2, -0.15) is 0 Å². The van der Waals surface area contributed by atoms with Gasteiger partial charge in [0, 0.05) is 11.5 Å². The summed E-state index contributed by atoms with van der Waals surface area (Å²) in [7, 11) is 0. The monoisotopic (exact) mass is 150 g/mol. The van der Waals surface area contributed by atoms with Gasteiger partial charge in [-0.05, 0) is 24.6 Å². The summed E-state index contributed by atoms with van der Waals surface area (Å²) in [6.07, 6.45) is 1.45. The van der Waals surface area contributed by atoms with E-state index in [1.807, 2.05) is 0 Å². The van der Waals surface area contributed by atoms with E-state index < -0.39 is 0 Å². The normalized spacial score (nSPS) is 30.6. The standard InChI is InChI=1S/C9H7FO/c10-5-1-2-8-6(3-5)7-4-9(7)11-8/h1-3,7,9H,4H2. The molecule has 1 saturated carbocycles. The highest BCUT2D eigenvalue weighted by atomic mass is 19.1. The fourth-order valence-corrected chi connectivity index (χ4v) is 1.71. The van der Waals surface area contributed by atoms with Crippen LogP contribution in [-0.2, 0) is 0 Å². The predicted octanol–water partition coefficient (Wildman–Crippen LogP) is 2.07. The second kappa shape index (κ2) is 1.58. The fourth-order valence-electron chi connectivity index (χ4n) is 1.71. The third-order valence-corrected chi connectivity index (χ3v) is 2.38. The molecule has 2 aliphatic rings. The Labute approximate surface area is 63.8 Å². The zero-order chi connectivity index (χ0) is 7.42. The maximum atomic E-state index is 12.7. The number of ether oxygens (including phenoxy) is 1. The Balaban J connectivity index is 2.20. The van der Waals surface area contributed by atoms with Crippen molar-refractivity contribution >= 4 is 0 Å². The predicted molar refractivity (Wildman–Crippen MR) is 38.2 cm³/mol. The Morgan fingerprint density at radius 3 is 3.27 bits per heavy atom. The van der Waals surface area contributed by atoms with Crippen molar-refractivity contribution in [1.82, 2.24) is 0 Å². The highest BCUT2D eigenvalue weighted by molar-refractivity contribution is 5.45. The molecule has 56 valence electrons. The van der Waals surface area contributed by atoms with Gasteiger partial charge in [-0.25, -0.2) is 4.39 Å². The van der Waals surface area contributed by atoms with Crippen LogP contribution in [0.2, 0.25) is 0 Å². The molecule has 0 N–H and O–H groups in total. The number of hydrogen-bond donors (Lipinski definition) is 0. The van der Waals surface area contributed by atoms with Crippen molar-refractivity contribution in [2.75, 3.05) is 0 Å². The molecule has 1 aliphatic heterocycles. The van der Waals surface area contributed by atoms with Crippen LogP contribution in [0.4, 0.5) is 4.39 Å². The topological polar surface area (TPSA) is 9.23 Å². The van der Waals surface area contributed by atoms with Gasteiger partial charge in [0.15, 0.2) is 0 Å². The van der Waals surface area contributed by atoms with Gasteiger partial charge in [0.05, 0.1) is 0 Å². The molecule has 1 aromatic carbocycles. The molecule has 0 spiro atoms. The number of rotatable bonds is 0. The summed E-state index contributed by atoms with van der Waals surface area (Å²) < 4.78 is 18.2. The number of halogens is 1. The van der Waals surface area contributed by atoms with Crippen molar-refractivity contribution in [3.05, 3.63) is 29.6 Å². The SMILES string of the molecule is Fc1ccc2c(c1)C1CC1O2. The lowest BCUT2D eigenvalue weighted by molar-refractivity contribution is 0.318. The van der Waals surface area contributed by atoms with E-state index in [2.05, 4.69) is 0 Å². The van der Waals surface area contributed by atoms with Crippen molar-refractivity contribution in [2.24, 2.45) is 0 Å². The van der Waals surface area contributed by atoms with E-state index in [-0.39, 0.29) is 5.82 Å². The van der Waals surface area contributed by atoms with Crippen molar-refractivity contribution in [3.8, 4) is 5.75 Å². The van der Waals surface area contributed by atoms with E-state index in [1.165, 1.54) is 6.07 Å².